The zero-order valence-corrected chi connectivity index (χ0v) is 13.0. The lowest BCUT2D eigenvalue weighted by atomic mass is 10.2. The molecule has 1 aromatic carbocycles. The number of ether oxygens (including phenoxy) is 2. The molecule has 0 amide bonds. The largest absolute Gasteiger partial charge is 0.489 e. The monoisotopic (exact) mass is 297 g/mol. The molecule has 0 bridgehead atoms. The number of methoxy groups -OCH3 is 1. The van der Waals surface area contributed by atoms with Gasteiger partial charge in [-0.1, -0.05) is 55.1 Å². The van der Waals surface area contributed by atoms with Gasteiger partial charge in [0.15, 0.2) is 0 Å². The molecule has 1 aliphatic carbocycles. The topological polar surface area (TPSA) is 30.5 Å². The predicted octanol–water partition coefficient (Wildman–Crippen LogP) is 3.68. The first-order valence-electron chi connectivity index (χ1n) is 7.46. The quantitative estimate of drug-likeness (QED) is 0.586. The fourth-order valence-corrected chi connectivity index (χ4v) is 2.09. The summed E-state index contributed by atoms with van der Waals surface area (Å²) in [5.74, 6) is 0.696. The molecule has 0 aromatic heterocycles. The third-order valence-corrected chi connectivity index (χ3v) is 3.34. The molecule has 0 aliphatic heterocycles. The van der Waals surface area contributed by atoms with Crippen molar-refractivity contribution in [2.45, 2.75) is 6.42 Å². The number of hydrogen-bond acceptors (Lipinski definition) is 3. The minimum Gasteiger partial charge on any atom is -0.489 e. The Morgan fingerprint density at radius 3 is 2.82 bits per heavy atom. The van der Waals surface area contributed by atoms with Crippen LogP contribution in [0.4, 0.5) is 0 Å². The van der Waals surface area contributed by atoms with Crippen molar-refractivity contribution in [1.82, 2.24) is 5.32 Å². The Hall–Kier alpha value is -2.26. The van der Waals surface area contributed by atoms with Crippen molar-refractivity contribution in [3.05, 3.63) is 78.0 Å². The molecule has 1 aromatic rings. The van der Waals surface area contributed by atoms with Crippen molar-refractivity contribution in [3.63, 3.8) is 0 Å². The molecule has 0 radical (unpaired) electrons. The van der Waals surface area contributed by atoms with E-state index in [1.807, 2.05) is 30.3 Å². The van der Waals surface area contributed by atoms with E-state index in [0.29, 0.717) is 19.0 Å². The Labute approximate surface area is 132 Å². The molecule has 1 N–H and O–H groups in total. The number of allylic oxidation sites excluding steroid dienone is 3. The highest BCUT2D eigenvalue weighted by Gasteiger charge is 2.02. The first kappa shape index (κ1) is 16.1. The molecule has 0 fully saturated rings. The average Bonchev–Trinajstić information content (AvgIpc) is 2.79. The van der Waals surface area contributed by atoms with Gasteiger partial charge < -0.3 is 14.8 Å². The van der Waals surface area contributed by atoms with Crippen LogP contribution in [0.2, 0.25) is 0 Å². The van der Waals surface area contributed by atoms with Crippen LogP contribution in [-0.2, 0) is 9.47 Å². The highest BCUT2D eigenvalue weighted by atomic mass is 16.5. The van der Waals surface area contributed by atoms with Crippen LogP contribution >= 0.6 is 0 Å². The van der Waals surface area contributed by atoms with Gasteiger partial charge in [-0.3, -0.25) is 0 Å². The van der Waals surface area contributed by atoms with Gasteiger partial charge in [0.05, 0.1) is 6.61 Å². The summed E-state index contributed by atoms with van der Waals surface area (Å²) in [6.07, 6.45) is 9.30. The lowest BCUT2D eigenvalue weighted by Gasteiger charge is -2.09. The second-order valence-electron chi connectivity index (χ2n) is 5.04. The number of hydrogen-bond donors (Lipinski definition) is 1. The van der Waals surface area contributed by atoms with Crippen molar-refractivity contribution in [1.29, 1.82) is 0 Å². The fraction of sp³-hybridized carbons (Fsp3) is 0.263. The molecular weight excluding hydrogens is 274 g/mol. The maximum atomic E-state index is 5.77. The summed E-state index contributed by atoms with van der Waals surface area (Å²) in [5.41, 5.74) is 3.32. The Morgan fingerprint density at radius 1 is 1.23 bits per heavy atom. The molecule has 2 rings (SSSR count). The van der Waals surface area contributed by atoms with Crippen LogP contribution in [0.15, 0.2) is 72.5 Å². The SMILES string of the molecule is C=C(OCC1=CC=C(NCCOC)CC=C1)c1ccccc1. The Bertz CT molecular complexity index is 570. The van der Waals surface area contributed by atoms with E-state index in [2.05, 4.69) is 36.2 Å². The van der Waals surface area contributed by atoms with Gasteiger partial charge in [0.2, 0.25) is 0 Å². The van der Waals surface area contributed by atoms with E-state index in [1.54, 1.807) is 7.11 Å². The van der Waals surface area contributed by atoms with Crippen molar-refractivity contribution in [2.24, 2.45) is 0 Å². The zero-order chi connectivity index (χ0) is 15.6. The summed E-state index contributed by atoms with van der Waals surface area (Å²) >= 11 is 0. The lowest BCUT2D eigenvalue weighted by molar-refractivity contribution is 0.202. The molecule has 0 heterocycles. The normalized spacial score (nSPS) is 13.9. The van der Waals surface area contributed by atoms with E-state index in [4.69, 9.17) is 9.47 Å². The average molecular weight is 297 g/mol. The first-order valence-corrected chi connectivity index (χ1v) is 7.46. The van der Waals surface area contributed by atoms with Gasteiger partial charge in [0.25, 0.3) is 0 Å². The summed E-state index contributed by atoms with van der Waals surface area (Å²) in [6, 6.07) is 9.94. The van der Waals surface area contributed by atoms with Gasteiger partial charge in [-0.15, -0.1) is 0 Å². The molecule has 22 heavy (non-hydrogen) atoms. The third kappa shape index (κ3) is 5.26. The third-order valence-electron chi connectivity index (χ3n) is 3.34. The summed E-state index contributed by atoms with van der Waals surface area (Å²) in [6.45, 7) is 6.03. The number of benzene rings is 1. The molecule has 1 aliphatic rings. The minimum atomic E-state index is 0.520. The highest BCUT2D eigenvalue weighted by Crippen LogP contribution is 2.16. The molecule has 0 saturated carbocycles. The van der Waals surface area contributed by atoms with E-state index in [0.717, 1.165) is 24.1 Å². The predicted molar refractivity (Wildman–Crippen MR) is 91.2 cm³/mol. The van der Waals surface area contributed by atoms with Crippen LogP contribution in [0.1, 0.15) is 12.0 Å². The zero-order valence-electron chi connectivity index (χ0n) is 13.0. The van der Waals surface area contributed by atoms with Crippen molar-refractivity contribution >= 4 is 5.76 Å². The van der Waals surface area contributed by atoms with Gasteiger partial charge >= 0.3 is 0 Å². The van der Waals surface area contributed by atoms with Crippen LogP contribution in [0.3, 0.4) is 0 Å². The van der Waals surface area contributed by atoms with Crippen LogP contribution in [-0.4, -0.2) is 26.9 Å². The van der Waals surface area contributed by atoms with Crippen molar-refractivity contribution in [3.8, 4) is 0 Å². The molecule has 116 valence electrons. The smallest absolute Gasteiger partial charge is 0.119 e. The summed E-state index contributed by atoms with van der Waals surface area (Å²) in [7, 11) is 1.71. The molecule has 0 atom stereocenters. The number of nitrogens with one attached hydrogen (secondary N) is 1. The maximum Gasteiger partial charge on any atom is 0.119 e. The van der Waals surface area contributed by atoms with E-state index in [1.165, 1.54) is 5.70 Å². The molecular formula is C19H23NO2. The Balaban J connectivity index is 1.86. The minimum absolute atomic E-state index is 0.520. The molecule has 3 nitrogen and oxygen atoms in total. The van der Waals surface area contributed by atoms with Crippen LogP contribution in [0.25, 0.3) is 5.76 Å². The van der Waals surface area contributed by atoms with Gasteiger partial charge in [0, 0.05) is 31.3 Å². The van der Waals surface area contributed by atoms with Gasteiger partial charge in [-0.2, -0.15) is 0 Å². The van der Waals surface area contributed by atoms with Crippen LogP contribution in [0.5, 0.6) is 0 Å². The van der Waals surface area contributed by atoms with Gasteiger partial charge in [0.1, 0.15) is 12.4 Å². The summed E-state index contributed by atoms with van der Waals surface area (Å²) in [4.78, 5) is 0. The standard InChI is InChI=1S/C19H23NO2/c1-16(18-8-4-3-5-9-18)22-15-17-7-6-10-19(12-11-17)20-13-14-21-2/h3-9,11-12,20H,1,10,13-15H2,2H3. The highest BCUT2D eigenvalue weighted by molar-refractivity contribution is 5.57. The van der Waals surface area contributed by atoms with Crippen molar-refractivity contribution in [2.75, 3.05) is 26.9 Å². The molecule has 3 heteroatoms. The summed E-state index contributed by atoms with van der Waals surface area (Å²) < 4.78 is 10.8. The lowest BCUT2D eigenvalue weighted by Crippen LogP contribution is -2.18. The van der Waals surface area contributed by atoms with E-state index < -0.39 is 0 Å². The van der Waals surface area contributed by atoms with Gasteiger partial charge in [-0.25, -0.2) is 0 Å². The second kappa shape index (κ2) is 8.90. The first-order chi connectivity index (χ1) is 10.8. The van der Waals surface area contributed by atoms with Crippen LogP contribution < -0.4 is 5.32 Å². The fourth-order valence-electron chi connectivity index (χ4n) is 2.09. The Kier molecular flexibility index (Phi) is 6.52. The van der Waals surface area contributed by atoms with E-state index >= 15 is 0 Å². The molecule has 0 unspecified atom stereocenters. The van der Waals surface area contributed by atoms with Crippen molar-refractivity contribution < 1.29 is 9.47 Å². The van der Waals surface area contributed by atoms with E-state index in [-0.39, 0.29) is 0 Å². The Morgan fingerprint density at radius 2 is 2.05 bits per heavy atom. The maximum absolute atomic E-state index is 5.77. The van der Waals surface area contributed by atoms with Crippen LogP contribution in [0, 0.1) is 0 Å². The number of rotatable bonds is 8. The van der Waals surface area contributed by atoms with Gasteiger partial charge in [-0.05, 0) is 11.6 Å². The molecule has 0 saturated heterocycles. The van der Waals surface area contributed by atoms with E-state index in [9.17, 15) is 0 Å². The second-order valence-corrected chi connectivity index (χ2v) is 5.04. The summed E-state index contributed by atoms with van der Waals surface area (Å²) in [5, 5.41) is 3.36. The molecule has 0 spiro atoms.